The van der Waals surface area contributed by atoms with Crippen LogP contribution in [0.25, 0.3) is 11.0 Å². The van der Waals surface area contributed by atoms with Crippen LogP contribution in [0.4, 0.5) is 0 Å². The third-order valence-corrected chi connectivity index (χ3v) is 3.87. The van der Waals surface area contributed by atoms with Crippen molar-refractivity contribution in [2.24, 2.45) is 0 Å². The first-order valence-corrected chi connectivity index (χ1v) is 7.60. The van der Waals surface area contributed by atoms with E-state index in [1.807, 2.05) is 54.7 Å². The van der Waals surface area contributed by atoms with Crippen molar-refractivity contribution in [3.63, 3.8) is 0 Å². The number of nitriles is 1. The molecule has 0 aliphatic rings. The lowest BCUT2D eigenvalue weighted by molar-refractivity contribution is 0.568. The van der Waals surface area contributed by atoms with E-state index >= 15 is 0 Å². The zero-order chi connectivity index (χ0) is 16.4. The zero-order valence-electron chi connectivity index (χ0n) is 13.3. The molecule has 4 aromatic rings. The van der Waals surface area contributed by atoms with Crippen LogP contribution in [0.1, 0.15) is 16.8 Å². The number of imidazole rings is 1. The van der Waals surface area contributed by atoms with Gasteiger partial charge in [-0.2, -0.15) is 20.3 Å². The van der Waals surface area contributed by atoms with E-state index in [1.54, 1.807) is 11.1 Å². The van der Waals surface area contributed by atoms with Crippen LogP contribution >= 0.6 is 12.4 Å². The Hall–Kier alpha value is -3.17. The summed E-state index contributed by atoms with van der Waals surface area (Å²) in [7, 11) is 0. The van der Waals surface area contributed by atoms with Crippen LogP contribution < -0.4 is 0 Å². The van der Waals surface area contributed by atoms with Crippen molar-refractivity contribution in [2.45, 2.75) is 13.1 Å². The van der Waals surface area contributed by atoms with Gasteiger partial charge in [0, 0.05) is 6.54 Å². The first-order valence-electron chi connectivity index (χ1n) is 7.60. The van der Waals surface area contributed by atoms with Crippen molar-refractivity contribution in [1.29, 1.82) is 5.26 Å². The van der Waals surface area contributed by atoms with Gasteiger partial charge in [-0.25, -0.2) is 4.98 Å². The average molecular weight is 351 g/mol. The van der Waals surface area contributed by atoms with Gasteiger partial charge >= 0.3 is 0 Å². The molecule has 0 atom stereocenters. The fourth-order valence-corrected chi connectivity index (χ4v) is 2.62. The van der Waals surface area contributed by atoms with Crippen molar-refractivity contribution in [1.82, 2.24) is 24.5 Å². The molecule has 6 nitrogen and oxygen atoms in total. The van der Waals surface area contributed by atoms with Gasteiger partial charge in [-0.15, -0.1) is 12.4 Å². The van der Waals surface area contributed by atoms with E-state index < -0.39 is 0 Å². The summed E-state index contributed by atoms with van der Waals surface area (Å²) in [5.74, 6) is 0. The molecular weight excluding hydrogens is 336 g/mol. The Morgan fingerprint density at radius 1 is 0.920 bits per heavy atom. The molecular formula is C18H15ClN6. The molecule has 0 saturated heterocycles. The molecule has 0 bridgehead atoms. The Balaban J connectivity index is 0.00000182. The van der Waals surface area contributed by atoms with E-state index in [4.69, 9.17) is 5.26 Å². The molecule has 25 heavy (non-hydrogen) atoms. The predicted molar refractivity (Wildman–Crippen MR) is 96.4 cm³/mol. The lowest BCUT2D eigenvalue weighted by atomic mass is 10.1. The van der Waals surface area contributed by atoms with Gasteiger partial charge in [-0.05, 0) is 29.8 Å². The number of nitrogens with zero attached hydrogens (tertiary/aromatic N) is 6. The molecule has 0 aliphatic heterocycles. The van der Waals surface area contributed by atoms with Crippen LogP contribution in [0, 0.1) is 11.3 Å². The van der Waals surface area contributed by atoms with Crippen LogP contribution in [0.2, 0.25) is 0 Å². The molecule has 0 saturated carbocycles. The summed E-state index contributed by atoms with van der Waals surface area (Å²) in [6.45, 7) is 1.26. The third kappa shape index (κ3) is 3.52. The largest absolute Gasteiger partial charge is 0.328 e. The number of aromatic nitrogens is 5. The van der Waals surface area contributed by atoms with E-state index in [9.17, 15) is 0 Å². The molecule has 2 heterocycles. The molecule has 0 radical (unpaired) electrons. The Labute approximate surface area is 150 Å². The predicted octanol–water partition coefficient (Wildman–Crippen LogP) is 3.02. The van der Waals surface area contributed by atoms with Gasteiger partial charge < -0.3 is 4.57 Å². The maximum Gasteiger partial charge on any atom is 0.113 e. The Morgan fingerprint density at radius 3 is 2.24 bits per heavy atom. The van der Waals surface area contributed by atoms with Gasteiger partial charge in [0.1, 0.15) is 17.6 Å². The normalized spacial score (nSPS) is 10.4. The molecule has 0 aliphatic carbocycles. The number of halogens is 1. The summed E-state index contributed by atoms with van der Waals surface area (Å²) in [4.78, 5) is 5.94. The minimum absolute atomic E-state index is 0. The third-order valence-electron chi connectivity index (χ3n) is 3.87. The SMILES string of the molecule is Cl.N#Cc1ccc(Cn2cncc2Cn2nc3ccccc3n2)cc1. The Morgan fingerprint density at radius 2 is 1.60 bits per heavy atom. The number of benzene rings is 2. The summed E-state index contributed by atoms with van der Waals surface area (Å²) in [6.07, 6.45) is 3.63. The number of hydrogen-bond acceptors (Lipinski definition) is 4. The van der Waals surface area contributed by atoms with Gasteiger partial charge in [-0.3, -0.25) is 0 Å². The molecule has 2 aromatic carbocycles. The first-order chi connectivity index (χ1) is 11.8. The zero-order valence-corrected chi connectivity index (χ0v) is 14.1. The lowest BCUT2D eigenvalue weighted by Crippen LogP contribution is -2.10. The number of hydrogen-bond donors (Lipinski definition) is 0. The van der Waals surface area contributed by atoms with Crippen molar-refractivity contribution in [3.8, 4) is 6.07 Å². The highest BCUT2D eigenvalue weighted by molar-refractivity contribution is 5.85. The van der Waals surface area contributed by atoms with Gasteiger partial charge in [-0.1, -0.05) is 24.3 Å². The highest BCUT2D eigenvalue weighted by atomic mass is 35.5. The molecule has 0 amide bonds. The van der Waals surface area contributed by atoms with Gasteiger partial charge in [0.25, 0.3) is 0 Å². The minimum Gasteiger partial charge on any atom is -0.328 e. The lowest BCUT2D eigenvalue weighted by Gasteiger charge is -2.08. The monoisotopic (exact) mass is 350 g/mol. The number of rotatable bonds is 4. The molecule has 0 fully saturated rings. The quantitative estimate of drug-likeness (QED) is 0.567. The van der Waals surface area contributed by atoms with Gasteiger partial charge in [0.05, 0.1) is 29.9 Å². The fourth-order valence-electron chi connectivity index (χ4n) is 2.62. The Bertz CT molecular complexity index is 993. The molecule has 2 aromatic heterocycles. The second-order valence-electron chi connectivity index (χ2n) is 5.54. The second kappa shape index (κ2) is 7.16. The van der Waals surface area contributed by atoms with Crippen LogP contribution in [-0.4, -0.2) is 24.5 Å². The molecule has 0 unspecified atom stereocenters. The summed E-state index contributed by atoms with van der Waals surface area (Å²) < 4.78 is 2.06. The standard InChI is InChI=1S/C18H14N6.ClH/c19-9-14-5-7-15(8-6-14)11-23-13-20-10-16(23)12-24-21-17-3-1-2-4-18(17)22-24;/h1-8,10,13H,11-12H2;1H. The Kier molecular flexibility index (Phi) is 4.78. The summed E-state index contributed by atoms with van der Waals surface area (Å²) in [5, 5.41) is 17.8. The molecule has 0 spiro atoms. The van der Waals surface area contributed by atoms with Crippen molar-refractivity contribution < 1.29 is 0 Å². The summed E-state index contributed by atoms with van der Waals surface area (Å²) in [6, 6.07) is 17.5. The maximum absolute atomic E-state index is 8.87. The van der Waals surface area contributed by atoms with Crippen LogP contribution in [0.5, 0.6) is 0 Å². The number of fused-ring (bicyclic) bond motifs is 1. The summed E-state index contributed by atoms with van der Waals surface area (Å²) in [5.41, 5.74) is 4.58. The van der Waals surface area contributed by atoms with E-state index in [0.717, 1.165) is 22.3 Å². The smallest absolute Gasteiger partial charge is 0.113 e. The topological polar surface area (TPSA) is 72.3 Å². The van der Waals surface area contributed by atoms with E-state index in [1.165, 1.54) is 0 Å². The molecule has 4 rings (SSSR count). The van der Waals surface area contributed by atoms with Crippen LogP contribution in [0.3, 0.4) is 0 Å². The average Bonchev–Trinajstić information content (AvgIpc) is 3.22. The van der Waals surface area contributed by atoms with Crippen LogP contribution in [-0.2, 0) is 13.1 Å². The van der Waals surface area contributed by atoms with E-state index in [-0.39, 0.29) is 12.4 Å². The van der Waals surface area contributed by atoms with Gasteiger partial charge in [0.15, 0.2) is 0 Å². The highest BCUT2D eigenvalue weighted by Gasteiger charge is 2.07. The molecule has 7 heteroatoms. The van der Waals surface area contributed by atoms with Crippen LogP contribution in [0.15, 0.2) is 61.1 Å². The second-order valence-corrected chi connectivity index (χ2v) is 5.54. The van der Waals surface area contributed by atoms with E-state index in [2.05, 4.69) is 25.8 Å². The highest BCUT2D eigenvalue weighted by Crippen LogP contribution is 2.11. The van der Waals surface area contributed by atoms with Crippen molar-refractivity contribution in [3.05, 3.63) is 77.9 Å². The van der Waals surface area contributed by atoms with Crippen molar-refractivity contribution >= 4 is 23.4 Å². The summed E-state index contributed by atoms with van der Waals surface area (Å²) >= 11 is 0. The fraction of sp³-hybridized carbons (Fsp3) is 0.111. The first kappa shape index (κ1) is 16.7. The molecule has 124 valence electrons. The maximum atomic E-state index is 8.87. The van der Waals surface area contributed by atoms with Crippen molar-refractivity contribution in [2.75, 3.05) is 0 Å². The molecule has 0 N–H and O–H groups in total. The minimum atomic E-state index is 0. The van der Waals surface area contributed by atoms with E-state index in [0.29, 0.717) is 18.7 Å². The van der Waals surface area contributed by atoms with Gasteiger partial charge in [0.2, 0.25) is 0 Å².